The minimum atomic E-state index is 0.204. The Bertz CT molecular complexity index is 105. The van der Waals surface area contributed by atoms with E-state index in [9.17, 15) is 0 Å². The molecule has 0 spiro atoms. The van der Waals surface area contributed by atoms with Crippen LogP contribution in [-0.4, -0.2) is 20.1 Å². The molecule has 0 amide bonds. The molecule has 0 fully saturated rings. The molecule has 60 valence electrons. The number of hydrogen-bond acceptors (Lipinski definition) is 1. The zero-order valence-electron chi connectivity index (χ0n) is 5.30. The Hall–Kier alpha value is 0.980. The average molecular weight is 337 g/mol. The summed E-state index contributed by atoms with van der Waals surface area (Å²) in [6.07, 6.45) is 3.78. The van der Waals surface area contributed by atoms with Crippen molar-refractivity contribution < 1.29 is 5.11 Å². The third kappa shape index (κ3) is 4.74. The molecule has 0 saturated heterocycles. The average Bonchev–Trinajstić information content (AvgIpc) is 1.89. The molecule has 0 aliphatic carbocycles. The maximum atomic E-state index is 8.41. The van der Waals surface area contributed by atoms with Gasteiger partial charge in [-0.15, -0.1) is 0 Å². The standard InChI is InChI=1S/C6H9Br3O/c7-3-1-5(8)6(9)2-4-10/h2,4-6,10H,1,3H2. The first kappa shape index (κ1) is 11.0. The van der Waals surface area contributed by atoms with E-state index >= 15 is 0 Å². The Morgan fingerprint density at radius 2 is 2.00 bits per heavy atom. The summed E-state index contributed by atoms with van der Waals surface area (Å²) in [6, 6.07) is 0. The highest BCUT2D eigenvalue weighted by Crippen LogP contribution is 2.19. The number of rotatable bonds is 4. The van der Waals surface area contributed by atoms with Crippen molar-refractivity contribution in [2.45, 2.75) is 16.1 Å². The smallest absolute Gasteiger partial charge is 0.0763 e. The van der Waals surface area contributed by atoms with Gasteiger partial charge in [-0.05, 0) is 12.5 Å². The molecule has 0 bridgehead atoms. The van der Waals surface area contributed by atoms with Crippen LogP contribution < -0.4 is 0 Å². The van der Waals surface area contributed by atoms with Crippen molar-refractivity contribution in [3.05, 3.63) is 12.3 Å². The predicted octanol–water partition coefficient (Wildman–Crippen LogP) is 3.37. The monoisotopic (exact) mass is 334 g/mol. The molecule has 1 N–H and O–H groups in total. The van der Waals surface area contributed by atoms with Gasteiger partial charge in [0, 0.05) is 15.0 Å². The SMILES string of the molecule is OC=CC(Br)C(Br)CCBr. The predicted molar refractivity (Wildman–Crippen MR) is 55.6 cm³/mol. The van der Waals surface area contributed by atoms with Crippen LogP contribution in [0.2, 0.25) is 0 Å². The van der Waals surface area contributed by atoms with Gasteiger partial charge in [-0.1, -0.05) is 47.8 Å². The fourth-order valence-corrected chi connectivity index (χ4v) is 2.38. The molecular formula is C6H9Br3O. The van der Waals surface area contributed by atoms with E-state index in [2.05, 4.69) is 47.8 Å². The number of hydrogen-bond donors (Lipinski definition) is 1. The molecule has 0 aliphatic heterocycles. The molecule has 0 saturated carbocycles. The second-order valence-corrected chi connectivity index (χ2v) is 4.81. The Balaban J connectivity index is 3.58. The number of halogens is 3. The molecule has 0 aromatic rings. The topological polar surface area (TPSA) is 20.2 Å². The van der Waals surface area contributed by atoms with Crippen LogP contribution in [0.15, 0.2) is 12.3 Å². The second-order valence-electron chi connectivity index (χ2n) is 1.78. The van der Waals surface area contributed by atoms with Crippen molar-refractivity contribution in [3.63, 3.8) is 0 Å². The van der Waals surface area contributed by atoms with Gasteiger partial charge in [-0.2, -0.15) is 0 Å². The van der Waals surface area contributed by atoms with Crippen LogP contribution in [0.4, 0.5) is 0 Å². The van der Waals surface area contributed by atoms with Gasteiger partial charge in [-0.3, -0.25) is 0 Å². The Kier molecular flexibility index (Phi) is 7.33. The summed E-state index contributed by atoms with van der Waals surface area (Å²) in [7, 11) is 0. The summed E-state index contributed by atoms with van der Waals surface area (Å²) in [5.41, 5.74) is 0. The fourth-order valence-electron chi connectivity index (χ4n) is 0.466. The number of aliphatic hydroxyl groups excluding tert-OH is 1. The zero-order valence-corrected chi connectivity index (χ0v) is 10.1. The second kappa shape index (κ2) is 6.68. The van der Waals surface area contributed by atoms with Gasteiger partial charge in [0.05, 0.1) is 6.26 Å². The first-order valence-corrected chi connectivity index (χ1v) is 5.82. The van der Waals surface area contributed by atoms with E-state index in [1.807, 2.05) is 0 Å². The van der Waals surface area contributed by atoms with Crippen molar-refractivity contribution in [1.29, 1.82) is 0 Å². The molecule has 0 aromatic carbocycles. The van der Waals surface area contributed by atoms with Gasteiger partial charge in [0.2, 0.25) is 0 Å². The lowest BCUT2D eigenvalue weighted by molar-refractivity contribution is 0.471. The highest BCUT2D eigenvalue weighted by Gasteiger charge is 2.10. The van der Waals surface area contributed by atoms with Crippen LogP contribution in [0.5, 0.6) is 0 Å². The van der Waals surface area contributed by atoms with Crippen LogP contribution in [0, 0.1) is 0 Å². The molecule has 4 heteroatoms. The minimum absolute atomic E-state index is 0.204. The minimum Gasteiger partial charge on any atom is -0.516 e. The number of alkyl halides is 3. The first-order valence-electron chi connectivity index (χ1n) is 2.87. The molecule has 0 heterocycles. The van der Waals surface area contributed by atoms with Crippen LogP contribution >= 0.6 is 47.8 Å². The quantitative estimate of drug-likeness (QED) is 0.616. The van der Waals surface area contributed by atoms with Crippen molar-refractivity contribution in [1.82, 2.24) is 0 Å². The van der Waals surface area contributed by atoms with Gasteiger partial charge < -0.3 is 5.11 Å². The Morgan fingerprint density at radius 1 is 1.40 bits per heavy atom. The van der Waals surface area contributed by atoms with Crippen LogP contribution in [0.1, 0.15) is 6.42 Å². The largest absolute Gasteiger partial charge is 0.516 e. The van der Waals surface area contributed by atoms with E-state index < -0.39 is 0 Å². The molecule has 10 heavy (non-hydrogen) atoms. The van der Waals surface area contributed by atoms with E-state index in [0.717, 1.165) is 18.0 Å². The van der Waals surface area contributed by atoms with Crippen molar-refractivity contribution in [2.24, 2.45) is 0 Å². The van der Waals surface area contributed by atoms with Crippen LogP contribution in [0.25, 0.3) is 0 Å². The highest BCUT2D eigenvalue weighted by molar-refractivity contribution is 9.12. The van der Waals surface area contributed by atoms with Crippen molar-refractivity contribution in [3.8, 4) is 0 Å². The third-order valence-corrected chi connectivity index (χ3v) is 4.14. The van der Waals surface area contributed by atoms with Gasteiger partial charge >= 0.3 is 0 Å². The van der Waals surface area contributed by atoms with Crippen LogP contribution in [0.3, 0.4) is 0 Å². The molecule has 2 unspecified atom stereocenters. The van der Waals surface area contributed by atoms with E-state index in [-0.39, 0.29) is 4.83 Å². The summed E-state index contributed by atoms with van der Waals surface area (Å²) < 4.78 is 0. The molecule has 0 rings (SSSR count). The van der Waals surface area contributed by atoms with Gasteiger partial charge in [0.25, 0.3) is 0 Å². The summed E-state index contributed by atoms with van der Waals surface area (Å²) in [5, 5.41) is 9.37. The molecular weight excluding hydrogens is 328 g/mol. The fraction of sp³-hybridized carbons (Fsp3) is 0.667. The summed E-state index contributed by atoms with van der Waals surface area (Å²) in [5.74, 6) is 0. The van der Waals surface area contributed by atoms with Gasteiger partial charge in [-0.25, -0.2) is 0 Å². The molecule has 0 radical (unpaired) electrons. The van der Waals surface area contributed by atoms with E-state index in [0.29, 0.717) is 4.83 Å². The molecule has 2 atom stereocenters. The maximum absolute atomic E-state index is 8.41. The Labute approximate surface area is 86.3 Å². The lowest BCUT2D eigenvalue weighted by atomic mass is 10.2. The maximum Gasteiger partial charge on any atom is 0.0763 e. The zero-order chi connectivity index (χ0) is 7.98. The van der Waals surface area contributed by atoms with Crippen LogP contribution in [-0.2, 0) is 0 Å². The van der Waals surface area contributed by atoms with Gasteiger partial charge in [0.15, 0.2) is 0 Å². The van der Waals surface area contributed by atoms with Gasteiger partial charge in [0.1, 0.15) is 0 Å². The number of aliphatic hydroxyl groups is 1. The lowest BCUT2D eigenvalue weighted by Gasteiger charge is -2.09. The molecule has 0 aromatic heterocycles. The van der Waals surface area contributed by atoms with Crippen molar-refractivity contribution >= 4 is 47.8 Å². The summed E-state index contributed by atoms with van der Waals surface area (Å²) in [6.45, 7) is 0. The third-order valence-electron chi connectivity index (χ3n) is 1.00. The first-order chi connectivity index (χ1) is 4.72. The highest BCUT2D eigenvalue weighted by atomic mass is 79.9. The normalized spacial score (nSPS) is 17.5. The molecule has 0 aliphatic rings. The lowest BCUT2D eigenvalue weighted by Crippen LogP contribution is -2.11. The summed E-state index contributed by atoms with van der Waals surface area (Å²) >= 11 is 10.2. The number of allylic oxidation sites excluding steroid dienone is 1. The van der Waals surface area contributed by atoms with E-state index in [1.165, 1.54) is 0 Å². The van der Waals surface area contributed by atoms with E-state index in [4.69, 9.17) is 5.11 Å². The Morgan fingerprint density at radius 3 is 2.40 bits per heavy atom. The van der Waals surface area contributed by atoms with Crippen molar-refractivity contribution in [2.75, 3.05) is 5.33 Å². The molecule has 1 nitrogen and oxygen atoms in total. The van der Waals surface area contributed by atoms with E-state index in [1.54, 1.807) is 6.08 Å². The summed E-state index contributed by atoms with van der Waals surface area (Å²) in [4.78, 5) is 0.574.